The summed E-state index contributed by atoms with van der Waals surface area (Å²) in [6, 6.07) is 8.13. The molecule has 0 N–H and O–H groups in total. The highest BCUT2D eigenvalue weighted by Gasteiger charge is 2.27. The van der Waals surface area contributed by atoms with Gasteiger partial charge >= 0.3 is 5.97 Å². The van der Waals surface area contributed by atoms with E-state index in [1.54, 1.807) is 11.3 Å². The average molecular weight is 305 g/mol. The molecule has 5 heteroatoms. The van der Waals surface area contributed by atoms with Crippen LogP contribution in [0.25, 0.3) is 10.2 Å². The Kier molecular flexibility index (Phi) is 4.51. The second kappa shape index (κ2) is 6.54. The lowest BCUT2D eigenvalue weighted by molar-refractivity contribution is -0.147. The number of aromatic nitrogens is 1. The number of carbonyl (C=O) groups is 1. The minimum atomic E-state index is -0.0837. The molecule has 0 unspecified atom stereocenters. The number of methoxy groups -OCH3 is 1. The molecular weight excluding hydrogens is 286 g/mol. The molecule has 0 bridgehead atoms. The Labute approximate surface area is 128 Å². The first-order valence-corrected chi connectivity index (χ1v) is 8.12. The third kappa shape index (κ3) is 3.41. The van der Waals surface area contributed by atoms with E-state index in [0.717, 1.165) is 36.2 Å². The Morgan fingerprint density at radius 3 is 2.76 bits per heavy atom. The smallest absolute Gasteiger partial charge is 0.308 e. The number of esters is 1. The van der Waals surface area contributed by atoms with E-state index in [9.17, 15) is 4.79 Å². The summed E-state index contributed by atoms with van der Waals surface area (Å²) in [5.41, 5.74) is 1.04. The largest absolute Gasteiger partial charge is 0.469 e. The van der Waals surface area contributed by atoms with Gasteiger partial charge in [-0.15, -0.1) is 11.3 Å². The number of hydrogen-bond acceptors (Lipinski definition) is 5. The summed E-state index contributed by atoms with van der Waals surface area (Å²) < 4.78 is 12.0. The highest BCUT2D eigenvalue weighted by Crippen LogP contribution is 2.28. The van der Waals surface area contributed by atoms with Crippen LogP contribution in [0.2, 0.25) is 0 Å². The standard InChI is InChI=1S/C16H19NO3S/c1-19-16(18)11-6-8-12(9-7-11)20-10-15-17-13-4-2-3-5-14(13)21-15/h2-5,11-12H,6-10H2,1H3. The van der Waals surface area contributed by atoms with Crippen molar-refractivity contribution in [2.24, 2.45) is 5.92 Å². The van der Waals surface area contributed by atoms with Crippen LogP contribution in [-0.4, -0.2) is 24.2 Å². The molecule has 0 aliphatic heterocycles. The fourth-order valence-corrected chi connectivity index (χ4v) is 3.69. The van der Waals surface area contributed by atoms with Crippen LogP contribution in [-0.2, 0) is 20.9 Å². The number of ether oxygens (including phenoxy) is 2. The third-order valence-electron chi connectivity index (χ3n) is 3.99. The van der Waals surface area contributed by atoms with Crippen LogP contribution in [0.1, 0.15) is 30.7 Å². The highest BCUT2D eigenvalue weighted by atomic mass is 32.1. The van der Waals surface area contributed by atoms with Gasteiger partial charge in [0.1, 0.15) is 5.01 Å². The van der Waals surface area contributed by atoms with Crippen LogP contribution in [0.4, 0.5) is 0 Å². The number of carbonyl (C=O) groups excluding carboxylic acids is 1. The van der Waals surface area contributed by atoms with Crippen molar-refractivity contribution in [1.29, 1.82) is 0 Å². The molecule has 4 nitrogen and oxygen atoms in total. The Bertz CT molecular complexity index is 584. The molecule has 1 heterocycles. The van der Waals surface area contributed by atoms with Crippen LogP contribution < -0.4 is 0 Å². The summed E-state index contributed by atoms with van der Waals surface area (Å²) in [5.74, 6) is -0.0306. The van der Waals surface area contributed by atoms with Crippen molar-refractivity contribution in [3.05, 3.63) is 29.3 Å². The first-order chi connectivity index (χ1) is 10.3. The predicted octanol–water partition coefficient (Wildman–Crippen LogP) is 3.54. The molecular formula is C16H19NO3S. The van der Waals surface area contributed by atoms with E-state index in [1.165, 1.54) is 11.8 Å². The molecule has 1 fully saturated rings. The molecule has 1 aliphatic carbocycles. The van der Waals surface area contributed by atoms with E-state index in [2.05, 4.69) is 11.1 Å². The van der Waals surface area contributed by atoms with Crippen molar-refractivity contribution in [3.8, 4) is 0 Å². The molecule has 0 radical (unpaired) electrons. The van der Waals surface area contributed by atoms with E-state index >= 15 is 0 Å². The van der Waals surface area contributed by atoms with Crippen molar-refractivity contribution in [2.45, 2.75) is 38.4 Å². The van der Waals surface area contributed by atoms with Crippen molar-refractivity contribution in [1.82, 2.24) is 4.98 Å². The van der Waals surface area contributed by atoms with Gasteiger partial charge in [0.25, 0.3) is 0 Å². The van der Waals surface area contributed by atoms with Crippen LogP contribution in [0, 0.1) is 5.92 Å². The summed E-state index contributed by atoms with van der Waals surface area (Å²) in [6.07, 6.45) is 3.79. The van der Waals surface area contributed by atoms with E-state index in [4.69, 9.17) is 9.47 Å². The molecule has 0 atom stereocenters. The monoisotopic (exact) mass is 305 g/mol. The van der Waals surface area contributed by atoms with Gasteiger partial charge in [-0.1, -0.05) is 12.1 Å². The number of benzene rings is 1. The lowest BCUT2D eigenvalue weighted by Crippen LogP contribution is -2.26. The van der Waals surface area contributed by atoms with E-state index in [1.807, 2.05) is 18.2 Å². The van der Waals surface area contributed by atoms with Crippen molar-refractivity contribution >= 4 is 27.5 Å². The van der Waals surface area contributed by atoms with Crippen molar-refractivity contribution in [3.63, 3.8) is 0 Å². The maximum absolute atomic E-state index is 11.5. The number of fused-ring (bicyclic) bond motifs is 1. The second-order valence-electron chi connectivity index (χ2n) is 5.38. The molecule has 112 valence electrons. The Hall–Kier alpha value is -1.46. The zero-order chi connectivity index (χ0) is 14.7. The molecule has 0 spiro atoms. The van der Waals surface area contributed by atoms with E-state index in [-0.39, 0.29) is 18.0 Å². The maximum Gasteiger partial charge on any atom is 0.308 e. The highest BCUT2D eigenvalue weighted by molar-refractivity contribution is 7.18. The van der Waals surface area contributed by atoms with Gasteiger partial charge in [-0.3, -0.25) is 4.79 Å². The molecule has 2 aromatic rings. The molecule has 1 aromatic carbocycles. The second-order valence-corrected chi connectivity index (χ2v) is 6.50. The number of nitrogens with zero attached hydrogens (tertiary/aromatic N) is 1. The Morgan fingerprint density at radius 1 is 1.29 bits per heavy atom. The molecule has 1 aliphatic rings. The minimum absolute atomic E-state index is 0.0531. The first-order valence-electron chi connectivity index (χ1n) is 7.30. The summed E-state index contributed by atoms with van der Waals surface area (Å²) in [6.45, 7) is 0.562. The lowest BCUT2D eigenvalue weighted by atomic mass is 9.87. The molecule has 3 rings (SSSR count). The normalized spacial score (nSPS) is 22.3. The van der Waals surface area contributed by atoms with Crippen molar-refractivity contribution in [2.75, 3.05) is 7.11 Å². The zero-order valence-corrected chi connectivity index (χ0v) is 12.9. The first kappa shape index (κ1) is 14.5. The topological polar surface area (TPSA) is 48.4 Å². The fourth-order valence-electron chi connectivity index (χ4n) is 2.80. The number of rotatable bonds is 4. The molecule has 0 amide bonds. The SMILES string of the molecule is COC(=O)C1CCC(OCc2nc3ccccc3s2)CC1. The summed E-state index contributed by atoms with van der Waals surface area (Å²) >= 11 is 1.68. The molecule has 0 saturated heterocycles. The Morgan fingerprint density at radius 2 is 2.05 bits per heavy atom. The van der Waals surface area contributed by atoms with E-state index in [0.29, 0.717) is 6.61 Å². The number of para-hydroxylation sites is 1. The number of hydrogen-bond donors (Lipinski definition) is 0. The molecule has 21 heavy (non-hydrogen) atoms. The van der Waals surface area contributed by atoms with Gasteiger partial charge in [-0.05, 0) is 37.8 Å². The minimum Gasteiger partial charge on any atom is -0.469 e. The summed E-state index contributed by atoms with van der Waals surface area (Å²) in [4.78, 5) is 16.1. The zero-order valence-electron chi connectivity index (χ0n) is 12.1. The summed E-state index contributed by atoms with van der Waals surface area (Å²) in [5, 5.41) is 1.02. The van der Waals surface area contributed by atoms with Crippen LogP contribution in [0.3, 0.4) is 0 Å². The third-order valence-corrected chi connectivity index (χ3v) is 5.00. The summed E-state index contributed by atoms with van der Waals surface area (Å²) in [7, 11) is 1.46. The van der Waals surface area contributed by atoms with Gasteiger partial charge in [-0.2, -0.15) is 0 Å². The molecule has 1 saturated carbocycles. The van der Waals surface area contributed by atoms with Gasteiger partial charge < -0.3 is 9.47 Å². The van der Waals surface area contributed by atoms with Gasteiger partial charge in [0, 0.05) is 0 Å². The van der Waals surface area contributed by atoms with Gasteiger partial charge in [0.15, 0.2) is 0 Å². The fraction of sp³-hybridized carbons (Fsp3) is 0.500. The van der Waals surface area contributed by atoms with Crippen LogP contribution >= 0.6 is 11.3 Å². The Balaban J connectivity index is 1.51. The quantitative estimate of drug-likeness (QED) is 0.811. The van der Waals surface area contributed by atoms with Crippen LogP contribution in [0.15, 0.2) is 24.3 Å². The maximum atomic E-state index is 11.5. The van der Waals surface area contributed by atoms with Crippen molar-refractivity contribution < 1.29 is 14.3 Å². The van der Waals surface area contributed by atoms with Crippen LogP contribution in [0.5, 0.6) is 0 Å². The lowest BCUT2D eigenvalue weighted by Gasteiger charge is -2.26. The van der Waals surface area contributed by atoms with Gasteiger partial charge in [0.2, 0.25) is 0 Å². The molecule has 1 aromatic heterocycles. The van der Waals surface area contributed by atoms with E-state index < -0.39 is 0 Å². The average Bonchev–Trinajstić information content (AvgIpc) is 2.95. The van der Waals surface area contributed by atoms with Gasteiger partial charge in [0.05, 0.1) is 36.0 Å². The predicted molar refractivity (Wildman–Crippen MR) is 82.2 cm³/mol. The number of thiazole rings is 1. The van der Waals surface area contributed by atoms with Gasteiger partial charge in [-0.25, -0.2) is 4.98 Å².